The largest absolute Gasteiger partial charge is 0.493 e. The second-order valence-electron chi connectivity index (χ2n) is 4.87. The van der Waals surface area contributed by atoms with Crippen molar-refractivity contribution in [2.75, 3.05) is 12.9 Å². The molecule has 1 aromatic rings. The minimum Gasteiger partial charge on any atom is -0.493 e. The summed E-state index contributed by atoms with van der Waals surface area (Å²) < 4.78 is 6.95. The van der Waals surface area contributed by atoms with Gasteiger partial charge in [0.05, 0.1) is 19.1 Å². The average molecular weight is 282 g/mol. The standard InChI is InChI=1S/C14H22N2O2S/c1-3-16-14(13(18-2)9-15-16)12(17)10-19-11-7-5-4-6-8-11/h9,11H,3-8,10H2,1-2H3. The van der Waals surface area contributed by atoms with Crippen LogP contribution >= 0.6 is 11.8 Å². The fourth-order valence-corrected chi connectivity index (χ4v) is 3.72. The highest BCUT2D eigenvalue weighted by molar-refractivity contribution is 8.00. The molecule has 2 rings (SSSR count). The number of hydrogen-bond donors (Lipinski definition) is 0. The van der Waals surface area contributed by atoms with E-state index >= 15 is 0 Å². The highest BCUT2D eigenvalue weighted by Gasteiger charge is 2.21. The van der Waals surface area contributed by atoms with Crippen LogP contribution in [0.15, 0.2) is 6.20 Å². The molecular weight excluding hydrogens is 260 g/mol. The van der Waals surface area contributed by atoms with E-state index in [0.29, 0.717) is 29.0 Å². The lowest BCUT2D eigenvalue weighted by Gasteiger charge is -2.20. The van der Waals surface area contributed by atoms with Gasteiger partial charge in [-0.05, 0) is 19.8 Å². The molecule has 0 radical (unpaired) electrons. The van der Waals surface area contributed by atoms with Crippen LogP contribution in [0.3, 0.4) is 0 Å². The maximum absolute atomic E-state index is 12.3. The first-order valence-electron chi connectivity index (χ1n) is 7.00. The minimum atomic E-state index is 0.131. The number of thioether (sulfide) groups is 1. The Labute approximate surface area is 118 Å². The number of hydrogen-bond acceptors (Lipinski definition) is 4. The van der Waals surface area contributed by atoms with Gasteiger partial charge in [0, 0.05) is 11.8 Å². The molecule has 0 atom stereocenters. The van der Waals surface area contributed by atoms with E-state index in [9.17, 15) is 4.79 Å². The van der Waals surface area contributed by atoms with E-state index in [2.05, 4.69) is 5.10 Å². The van der Waals surface area contributed by atoms with Gasteiger partial charge in [-0.1, -0.05) is 19.3 Å². The van der Waals surface area contributed by atoms with Crippen LogP contribution < -0.4 is 4.74 Å². The number of aromatic nitrogens is 2. The number of ether oxygens (including phenoxy) is 1. The molecule has 1 fully saturated rings. The minimum absolute atomic E-state index is 0.131. The SMILES string of the molecule is CCn1ncc(OC)c1C(=O)CSC1CCCCC1. The van der Waals surface area contributed by atoms with Crippen LogP contribution in [-0.4, -0.2) is 33.7 Å². The zero-order valence-electron chi connectivity index (χ0n) is 11.7. The van der Waals surface area contributed by atoms with E-state index in [1.807, 2.05) is 6.92 Å². The van der Waals surface area contributed by atoms with Gasteiger partial charge in [0.25, 0.3) is 0 Å². The molecule has 0 saturated heterocycles. The van der Waals surface area contributed by atoms with E-state index in [0.717, 1.165) is 0 Å². The summed E-state index contributed by atoms with van der Waals surface area (Å²) in [5.74, 6) is 1.26. The molecule has 0 amide bonds. The number of nitrogens with zero attached hydrogens (tertiary/aromatic N) is 2. The summed E-state index contributed by atoms with van der Waals surface area (Å²) in [7, 11) is 1.59. The summed E-state index contributed by atoms with van der Waals surface area (Å²) in [4.78, 5) is 12.3. The van der Waals surface area contributed by atoms with E-state index in [-0.39, 0.29) is 5.78 Å². The fourth-order valence-electron chi connectivity index (χ4n) is 2.53. The molecule has 5 heteroatoms. The normalized spacial score (nSPS) is 16.5. The number of Topliss-reactive ketones (excluding diaryl/α,β-unsaturated/α-hetero) is 1. The van der Waals surface area contributed by atoms with Gasteiger partial charge >= 0.3 is 0 Å². The first kappa shape index (κ1) is 14.4. The first-order valence-corrected chi connectivity index (χ1v) is 8.05. The zero-order valence-corrected chi connectivity index (χ0v) is 12.5. The molecule has 0 aromatic carbocycles. The zero-order chi connectivity index (χ0) is 13.7. The smallest absolute Gasteiger partial charge is 0.194 e. The number of ketones is 1. The van der Waals surface area contributed by atoms with E-state index in [4.69, 9.17) is 4.74 Å². The highest BCUT2D eigenvalue weighted by Crippen LogP contribution is 2.29. The van der Waals surface area contributed by atoms with Crippen LogP contribution in [-0.2, 0) is 6.54 Å². The van der Waals surface area contributed by atoms with Crippen molar-refractivity contribution >= 4 is 17.5 Å². The van der Waals surface area contributed by atoms with Crippen molar-refractivity contribution in [1.82, 2.24) is 9.78 Å². The van der Waals surface area contributed by atoms with E-state index in [1.54, 1.807) is 29.8 Å². The average Bonchev–Trinajstić information content (AvgIpc) is 2.89. The lowest BCUT2D eigenvalue weighted by atomic mass is 10.0. The second kappa shape index (κ2) is 6.98. The molecule has 19 heavy (non-hydrogen) atoms. The van der Waals surface area contributed by atoms with Crippen molar-refractivity contribution < 1.29 is 9.53 Å². The Morgan fingerprint density at radius 2 is 2.21 bits per heavy atom. The highest BCUT2D eigenvalue weighted by atomic mass is 32.2. The number of carbonyl (C=O) groups is 1. The van der Waals surface area contributed by atoms with Crippen LogP contribution in [0.1, 0.15) is 49.5 Å². The van der Waals surface area contributed by atoms with E-state index in [1.165, 1.54) is 32.1 Å². The molecule has 1 heterocycles. The molecular formula is C14H22N2O2S. The van der Waals surface area contributed by atoms with Crippen LogP contribution in [0.4, 0.5) is 0 Å². The lowest BCUT2D eigenvalue weighted by Crippen LogP contribution is -2.16. The van der Waals surface area contributed by atoms with Gasteiger partial charge < -0.3 is 4.74 Å². The Balaban J connectivity index is 1.96. The summed E-state index contributed by atoms with van der Waals surface area (Å²) in [6.07, 6.45) is 8.10. The molecule has 106 valence electrons. The molecule has 0 N–H and O–H groups in total. The third-order valence-corrected chi connectivity index (χ3v) is 4.96. The molecule has 1 aromatic heterocycles. The van der Waals surface area contributed by atoms with Gasteiger partial charge in [-0.15, -0.1) is 0 Å². The number of rotatable bonds is 6. The number of methoxy groups -OCH3 is 1. The number of aryl methyl sites for hydroxylation is 1. The van der Waals surface area contributed by atoms with Crippen molar-refractivity contribution in [3.8, 4) is 5.75 Å². The van der Waals surface area contributed by atoms with E-state index < -0.39 is 0 Å². The quantitative estimate of drug-likeness (QED) is 0.752. The molecule has 0 aliphatic heterocycles. The molecule has 1 aliphatic carbocycles. The van der Waals surface area contributed by atoms with Crippen molar-refractivity contribution in [3.63, 3.8) is 0 Å². The summed E-state index contributed by atoms with van der Waals surface area (Å²) >= 11 is 1.80. The molecule has 4 nitrogen and oxygen atoms in total. The van der Waals surface area contributed by atoms with Gasteiger partial charge in [0.1, 0.15) is 5.69 Å². The van der Waals surface area contributed by atoms with Gasteiger partial charge in [0.15, 0.2) is 11.5 Å². The Morgan fingerprint density at radius 3 is 2.84 bits per heavy atom. The van der Waals surface area contributed by atoms with Crippen LogP contribution in [0, 0.1) is 0 Å². The topological polar surface area (TPSA) is 44.1 Å². The maximum Gasteiger partial charge on any atom is 0.194 e. The van der Waals surface area contributed by atoms with Crippen LogP contribution in [0.2, 0.25) is 0 Å². The predicted octanol–water partition coefficient (Wildman–Crippen LogP) is 3.16. The Morgan fingerprint density at radius 1 is 1.47 bits per heavy atom. The lowest BCUT2D eigenvalue weighted by molar-refractivity contribution is 0.100. The Kier molecular flexibility index (Phi) is 5.31. The van der Waals surface area contributed by atoms with Crippen molar-refractivity contribution in [1.29, 1.82) is 0 Å². The fraction of sp³-hybridized carbons (Fsp3) is 0.714. The summed E-state index contributed by atoms with van der Waals surface area (Å²) in [6.45, 7) is 2.68. The number of carbonyl (C=O) groups excluding carboxylic acids is 1. The van der Waals surface area contributed by atoms with Gasteiger partial charge in [0.2, 0.25) is 0 Å². The maximum atomic E-state index is 12.3. The van der Waals surface area contributed by atoms with Crippen molar-refractivity contribution in [2.45, 2.75) is 50.8 Å². The predicted molar refractivity (Wildman–Crippen MR) is 78.1 cm³/mol. The van der Waals surface area contributed by atoms with Crippen LogP contribution in [0.25, 0.3) is 0 Å². The Bertz CT molecular complexity index is 404. The molecule has 1 saturated carbocycles. The summed E-state index contributed by atoms with van der Waals surface area (Å²) in [6, 6.07) is 0. The van der Waals surface area contributed by atoms with Crippen LogP contribution in [0.5, 0.6) is 5.75 Å². The molecule has 1 aliphatic rings. The van der Waals surface area contributed by atoms with Crippen molar-refractivity contribution in [2.24, 2.45) is 0 Å². The third-order valence-electron chi connectivity index (χ3n) is 3.59. The molecule has 0 bridgehead atoms. The summed E-state index contributed by atoms with van der Waals surface area (Å²) in [5, 5.41) is 4.84. The monoisotopic (exact) mass is 282 g/mol. The molecule has 0 unspecified atom stereocenters. The Hall–Kier alpha value is -0.970. The van der Waals surface area contributed by atoms with Crippen molar-refractivity contribution in [3.05, 3.63) is 11.9 Å². The van der Waals surface area contributed by atoms with Gasteiger partial charge in [-0.3, -0.25) is 9.48 Å². The van der Waals surface area contributed by atoms with Gasteiger partial charge in [-0.25, -0.2) is 0 Å². The van der Waals surface area contributed by atoms with Gasteiger partial charge in [-0.2, -0.15) is 16.9 Å². The first-order chi connectivity index (χ1) is 9.26. The second-order valence-corrected chi connectivity index (χ2v) is 6.16. The molecule has 0 spiro atoms. The third kappa shape index (κ3) is 3.53. The summed E-state index contributed by atoms with van der Waals surface area (Å²) in [5.41, 5.74) is 0.619.